The van der Waals surface area contributed by atoms with Gasteiger partial charge in [-0.1, -0.05) is 31.2 Å². The van der Waals surface area contributed by atoms with E-state index in [0.29, 0.717) is 11.3 Å². The number of H-pyrrole nitrogens is 2. The summed E-state index contributed by atoms with van der Waals surface area (Å²) in [7, 11) is 0. The van der Waals surface area contributed by atoms with Crippen molar-refractivity contribution in [3.63, 3.8) is 0 Å². The molecule has 0 bridgehead atoms. The fourth-order valence-electron chi connectivity index (χ4n) is 2.24. The SMILES string of the molecule is CCc1ccc(/C=N/NC(=O)CCc2c(C)[nH]c(=O)[nH]c2=O)cc1. The minimum atomic E-state index is -0.551. The predicted molar refractivity (Wildman–Crippen MR) is 92.3 cm³/mol. The van der Waals surface area contributed by atoms with E-state index >= 15 is 0 Å². The third kappa shape index (κ3) is 4.77. The molecule has 0 aliphatic heterocycles. The lowest BCUT2D eigenvalue weighted by molar-refractivity contribution is -0.121. The number of nitrogens with zero attached hydrogens (tertiary/aromatic N) is 1. The number of carbonyl (C=O) groups is 1. The van der Waals surface area contributed by atoms with Crippen LogP contribution in [0.25, 0.3) is 0 Å². The molecule has 7 nitrogen and oxygen atoms in total. The maximum absolute atomic E-state index is 11.8. The fourth-order valence-corrected chi connectivity index (χ4v) is 2.24. The van der Waals surface area contributed by atoms with Crippen molar-refractivity contribution in [3.05, 3.63) is 67.5 Å². The first-order valence-electron chi connectivity index (χ1n) is 7.72. The van der Waals surface area contributed by atoms with E-state index in [4.69, 9.17) is 0 Å². The van der Waals surface area contributed by atoms with Crippen LogP contribution < -0.4 is 16.7 Å². The highest BCUT2D eigenvalue weighted by Gasteiger charge is 2.08. The van der Waals surface area contributed by atoms with Crippen LogP contribution in [0.5, 0.6) is 0 Å². The summed E-state index contributed by atoms with van der Waals surface area (Å²) < 4.78 is 0. The summed E-state index contributed by atoms with van der Waals surface area (Å²) >= 11 is 0. The molecule has 1 heterocycles. The maximum Gasteiger partial charge on any atom is 0.325 e. The number of aryl methyl sites for hydroxylation is 2. The van der Waals surface area contributed by atoms with Crippen molar-refractivity contribution in [1.29, 1.82) is 0 Å². The first kappa shape index (κ1) is 17.4. The normalized spacial score (nSPS) is 10.9. The van der Waals surface area contributed by atoms with Crippen LogP contribution in [0.3, 0.4) is 0 Å². The Morgan fingerprint density at radius 1 is 1.21 bits per heavy atom. The average molecular weight is 328 g/mol. The first-order chi connectivity index (χ1) is 11.5. The Balaban J connectivity index is 1.88. The zero-order valence-corrected chi connectivity index (χ0v) is 13.7. The molecule has 0 fully saturated rings. The molecule has 7 heteroatoms. The molecule has 0 saturated carbocycles. The van der Waals surface area contributed by atoms with Crippen molar-refractivity contribution in [3.8, 4) is 0 Å². The van der Waals surface area contributed by atoms with Gasteiger partial charge in [0, 0.05) is 17.7 Å². The van der Waals surface area contributed by atoms with Gasteiger partial charge in [-0.05, 0) is 30.9 Å². The van der Waals surface area contributed by atoms with Crippen molar-refractivity contribution in [1.82, 2.24) is 15.4 Å². The quantitative estimate of drug-likeness (QED) is 0.544. The topological polar surface area (TPSA) is 107 Å². The maximum atomic E-state index is 11.8. The molecule has 1 amide bonds. The number of rotatable bonds is 6. The summed E-state index contributed by atoms with van der Waals surface area (Å²) in [6, 6.07) is 7.87. The molecule has 1 aromatic carbocycles. The second-order valence-electron chi connectivity index (χ2n) is 5.40. The van der Waals surface area contributed by atoms with E-state index in [0.717, 1.165) is 12.0 Å². The number of nitrogens with one attached hydrogen (secondary N) is 3. The smallest absolute Gasteiger partial charge is 0.311 e. The summed E-state index contributed by atoms with van der Waals surface area (Å²) in [6.45, 7) is 3.71. The van der Waals surface area contributed by atoms with E-state index < -0.39 is 11.2 Å². The van der Waals surface area contributed by atoms with E-state index in [1.807, 2.05) is 24.3 Å². The Morgan fingerprint density at radius 3 is 2.54 bits per heavy atom. The molecule has 126 valence electrons. The highest BCUT2D eigenvalue weighted by Crippen LogP contribution is 2.03. The van der Waals surface area contributed by atoms with Crippen LogP contribution in [0.2, 0.25) is 0 Å². The Hall–Kier alpha value is -2.96. The first-order valence-corrected chi connectivity index (χ1v) is 7.72. The minimum Gasteiger partial charge on any atom is -0.311 e. The van der Waals surface area contributed by atoms with E-state index in [9.17, 15) is 14.4 Å². The van der Waals surface area contributed by atoms with Crippen LogP contribution >= 0.6 is 0 Å². The Kier molecular flexibility index (Phi) is 5.83. The van der Waals surface area contributed by atoms with Gasteiger partial charge in [0.1, 0.15) is 0 Å². The molecule has 0 atom stereocenters. The lowest BCUT2D eigenvalue weighted by atomic mass is 10.1. The zero-order valence-electron chi connectivity index (χ0n) is 13.7. The summed E-state index contributed by atoms with van der Waals surface area (Å²) in [5, 5.41) is 3.90. The summed E-state index contributed by atoms with van der Waals surface area (Å²) in [5.74, 6) is -0.304. The van der Waals surface area contributed by atoms with Crippen LogP contribution in [0, 0.1) is 6.92 Å². The highest BCUT2D eigenvalue weighted by molar-refractivity contribution is 5.82. The average Bonchev–Trinajstić information content (AvgIpc) is 2.54. The van der Waals surface area contributed by atoms with Gasteiger partial charge < -0.3 is 4.98 Å². The molecular weight excluding hydrogens is 308 g/mol. The van der Waals surface area contributed by atoms with Gasteiger partial charge in [0.2, 0.25) is 5.91 Å². The van der Waals surface area contributed by atoms with Crippen LogP contribution in [0.1, 0.15) is 35.7 Å². The monoisotopic (exact) mass is 328 g/mol. The molecule has 0 radical (unpaired) electrons. The van der Waals surface area contributed by atoms with Crippen molar-refractivity contribution in [2.75, 3.05) is 0 Å². The predicted octanol–water partition coefficient (Wildman–Crippen LogP) is 1.02. The van der Waals surface area contributed by atoms with Gasteiger partial charge in [-0.15, -0.1) is 0 Å². The van der Waals surface area contributed by atoms with E-state index in [-0.39, 0.29) is 18.7 Å². The minimum absolute atomic E-state index is 0.0993. The third-order valence-corrected chi connectivity index (χ3v) is 3.65. The molecule has 0 unspecified atom stereocenters. The van der Waals surface area contributed by atoms with Gasteiger partial charge >= 0.3 is 5.69 Å². The van der Waals surface area contributed by atoms with E-state index in [1.165, 1.54) is 5.56 Å². The third-order valence-electron chi connectivity index (χ3n) is 3.65. The molecule has 0 aliphatic rings. The van der Waals surface area contributed by atoms with Crippen molar-refractivity contribution >= 4 is 12.1 Å². The second-order valence-corrected chi connectivity index (χ2v) is 5.40. The number of hydrogen-bond donors (Lipinski definition) is 3. The van der Waals surface area contributed by atoms with Gasteiger partial charge in [0.15, 0.2) is 0 Å². The van der Waals surface area contributed by atoms with E-state index in [2.05, 4.69) is 27.4 Å². The van der Waals surface area contributed by atoms with Gasteiger partial charge in [-0.2, -0.15) is 5.10 Å². The van der Waals surface area contributed by atoms with Gasteiger partial charge in [-0.3, -0.25) is 14.6 Å². The number of hydrazone groups is 1. The Bertz CT molecular complexity index is 847. The standard InChI is InChI=1S/C17H20N4O3/c1-3-12-4-6-13(7-5-12)10-18-21-15(22)9-8-14-11(2)19-17(24)20-16(14)23/h4-7,10H,3,8-9H2,1-2H3,(H,21,22)(H2,19,20,23,24)/b18-10+. The number of aromatic nitrogens is 2. The molecule has 0 spiro atoms. The molecule has 1 aromatic heterocycles. The second kappa shape index (κ2) is 8.05. The molecule has 3 N–H and O–H groups in total. The lowest BCUT2D eigenvalue weighted by Crippen LogP contribution is -2.28. The van der Waals surface area contributed by atoms with Crippen LogP contribution in [0.4, 0.5) is 0 Å². The Morgan fingerprint density at radius 2 is 1.92 bits per heavy atom. The largest absolute Gasteiger partial charge is 0.325 e. The number of benzene rings is 1. The Labute approximate surface area is 138 Å². The van der Waals surface area contributed by atoms with Gasteiger partial charge in [0.25, 0.3) is 5.56 Å². The number of carbonyl (C=O) groups excluding carboxylic acids is 1. The van der Waals surface area contributed by atoms with E-state index in [1.54, 1.807) is 13.1 Å². The highest BCUT2D eigenvalue weighted by atomic mass is 16.2. The molecular formula is C17H20N4O3. The number of aromatic amines is 2. The molecule has 2 aromatic rings. The molecule has 24 heavy (non-hydrogen) atoms. The van der Waals surface area contributed by atoms with Crippen LogP contribution in [0.15, 0.2) is 39.0 Å². The number of hydrogen-bond acceptors (Lipinski definition) is 4. The zero-order chi connectivity index (χ0) is 17.5. The number of amides is 1. The van der Waals surface area contributed by atoms with Crippen LogP contribution in [-0.2, 0) is 17.6 Å². The lowest BCUT2D eigenvalue weighted by Gasteiger charge is -2.03. The fraction of sp³-hybridized carbons (Fsp3) is 0.294. The summed E-state index contributed by atoms with van der Waals surface area (Å²) in [5.41, 5.74) is 4.39. The molecule has 2 rings (SSSR count). The molecule has 0 aliphatic carbocycles. The van der Waals surface area contributed by atoms with Crippen molar-refractivity contribution in [2.24, 2.45) is 5.10 Å². The van der Waals surface area contributed by atoms with Crippen molar-refractivity contribution < 1.29 is 4.79 Å². The summed E-state index contributed by atoms with van der Waals surface area (Å²) in [6.07, 6.45) is 2.86. The van der Waals surface area contributed by atoms with Gasteiger partial charge in [0.05, 0.1) is 6.21 Å². The molecule has 0 saturated heterocycles. The van der Waals surface area contributed by atoms with Crippen LogP contribution in [-0.4, -0.2) is 22.1 Å². The van der Waals surface area contributed by atoms with Gasteiger partial charge in [-0.25, -0.2) is 10.2 Å². The van der Waals surface area contributed by atoms with Crippen molar-refractivity contribution in [2.45, 2.75) is 33.1 Å². The summed E-state index contributed by atoms with van der Waals surface area (Å²) in [4.78, 5) is 39.2.